The van der Waals surface area contributed by atoms with E-state index in [-0.39, 0.29) is 11.4 Å². The fourth-order valence-electron chi connectivity index (χ4n) is 1.86. The molecule has 0 radical (unpaired) electrons. The Morgan fingerprint density at radius 3 is 2.30 bits per heavy atom. The van der Waals surface area contributed by atoms with Crippen LogP contribution < -0.4 is 4.72 Å². The van der Waals surface area contributed by atoms with Gasteiger partial charge in [0.2, 0.25) is 10.0 Å². The molecule has 20 heavy (non-hydrogen) atoms. The average molecular weight is 299 g/mol. The average Bonchev–Trinajstić information content (AvgIpc) is 2.43. The van der Waals surface area contributed by atoms with Gasteiger partial charge in [-0.25, -0.2) is 13.1 Å². The van der Waals surface area contributed by atoms with Crippen LogP contribution in [-0.4, -0.2) is 26.0 Å². The zero-order chi connectivity index (χ0) is 15.2. The minimum Gasteiger partial charge on any atom is -0.481 e. The minimum absolute atomic E-state index is 0.0823. The Balaban J connectivity index is 2.75. The van der Waals surface area contributed by atoms with Crippen LogP contribution in [0.25, 0.3) is 0 Å². The lowest BCUT2D eigenvalue weighted by Gasteiger charge is -2.13. The van der Waals surface area contributed by atoms with Crippen molar-refractivity contribution >= 4 is 16.0 Å². The van der Waals surface area contributed by atoms with Crippen molar-refractivity contribution < 1.29 is 18.3 Å². The number of carboxylic acid groups (broad SMARTS) is 1. The SMILES string of the molecule is CCCC(CNS(=O)(=O)c1ccc(CC)cc1)C(=O)O. The summed E-state index contributed by atoms with van der Waals surface area (Å²) in [6, 6.07) is 6.60. The Bertz CT molecular complexity index is 537. The first-order chi connectivity index (χ1) is 9.40. The van der Waals surface area contributed by atoms with E-state index in [2.05, 4.69) is 4.72 Å². The van der Waals surface area contributed by atoms with E-state index in [1.54, 1.807) is 12.1 Å². The molecule has 2 N–H and O–H groups in total. The lowest BCUT2D eigenvalue weighted by atomic mass is 10.1. The molecule has 0 fully saturated rings. The molecule has 0 aromatic heterocycles. The van der Waals surface area contributed by atoms with Crippen LogP contribution >= 0.6 is 0 Å². The summed E-state index contributed by atoms with van der Waals surface area (Å²) in [4.78, 5) is 11.2. The van der Waals surface area contributed by atoms with Gasteiger partial charge in [0, 0.05) is 6.54 Å². The number of hydrogen-bond acceptors (Lipinski definition) is 3. The van der Waals surface area contributed by atoms with E-state index in [0.29, 0.717) is 12.8 Å². The molecular formula is C14H21NO4S. The van der Waals surface area contributed by atoms with Gasteiger partial charge in [0.25, 0.3) is 0 Å². The Morgan fingerprint density at radius 1 is 1.25 bits per heavy atom. The molecule has 1 unspecified atom stereocenters. The number of aryl methyl sites for hydroxylation is 1. The third-order valence-electron chi connectivity index (χ3n) is 3.15. The molecule has 0 aliphatic carbocycles. The maximum absolute atomic E-state index is 12.1. The van der Waals surface area contributed by atoms with Crippen molar-refractivity contribution in [3.05, 3.63) is 29.8 Å². The van der Waals surface area contributed by atoms with Crippen LogP contribution in [0.5, 0.6) is 0 Å². The summed E-state index contributed by atoms with van der Waals surface area (Å²) >= 11 is 0. The lowest BCUT2D eigenvalue weighted by Crippen LogP contribution is -2.32. The fraction of sp³-hybridized carbons (Fsp3) is 0.500. The quantitative estimate of drug-likeness (QED) is 0.769. The predicted octanol–water partition coefficient (Wildman–Crippen LogP) is 2.03. The van der Waals surface area contributed by atoms with Gasteiger partial charge in [-0.2, -0.15) is 0 Å². The molecule has 0 amide bonds. The number of aliphatic carboxylic acids is 1. The van der Waals surface area contributed by atoms with Crippen LogP contribution in [0.3, 0.4) is 0 Å². The number of carboxylic acids is 1. The molecule has 0 spiro atoms. The second kappa shape index (κ2) is 7.40. The van der Waals surface area contributed by atoms with Gasteiger partial charge in [0.15, 0.2) is 0 Å². The highest BCUT2D eigenvalue weighted by Crippen LogP contribution is 2.12. The zero-order valence-corrected chi connectivity index (χ0v) is 12.6. The molecule has 0 saturated carbocycles. The second-order valence-electron chi connectivity index (χ2n) is 4.67. The van der Waals surface area contributed by atoms with Gasteiger partial charge in [-0.15, -0.1) is 0 Å². The first-order valence-corrected chi connectivity index (χ1v) is 8.20. The first-order valence-electron chi connectivity index (χ1n) is 6.72. The number of sulfonamides is 1. The van der Waals surface area contributed by atoms with Gasteiger partial charge >= 0.3 is 5.97 Å². The Kier molecular flexibility index (Phi) is 6.16. The zero-order valence-electron chi connectivity index (χ0n) is 11.8. The highest BCUT2D eigenvalue weighted by molar-refractivity contribution is 7.89. The van der Waals surface area contributed by atoms with Crippen molar-refractivity contribution in [3.8, 4) is 0 Å². The van der Waals surface area contributed by atoms with E-state index >= 15 is 0 Å². The van der Waals surface area contributed by atoms with Gasteiger partial charge in [-0.05, 0) is 30.5 Å². The van der Waals surface area contributed by atoms with Gasteiger partial charge < -0.3 is 5.11 Å². The van der Waals surface area contributed by atoms with E-state index in [4.69, 9.17) is 5.11 Å². The molecule has 0 aliphatic rings. The van der Waals surface area contributed by atoms with Crippen LogP contribution in [0.15, 0.2) is 29.2 Å². The molecule has 1 rings (SSSR count). The van der Waals surface area contributed by atoms with Crippen LogP contribution in [0.1, 0.15) is 32.3 Å². The van der Waals surface area contributed by atoms with Crippen molar-refractivity contribution in [2.75, 3.05) is 6.54 Å². The molecule has 5 nitrogen and oxygen atoms in total. The summed E-state index contributed by atoms with van der Waals surface area (Å²) in [6.45, 7) is 3.78. The summed E-state index contributed by atoms with van der Waals surface area (Å²) < 4.78 is 26.5. The summed E-state index contributed by atoms with van der Waals surface area (Å²) in [5, 5.41) is 9.01. The van der Waals surface area contributed by atoms with E-state index in [9.17, 15) is 13.2 Å². The number of rotatable bonds is 8. The minimum atomic E-state index is -3.65. The topological polar surface area (TPSA) is 83.5 Å². The Hall–Kier alpha value is -1.40. The van der Waals surface area contributed by atoms with Crippen LogP contribution in [0, 0.1) is 5.92 Å². The van der Waals surface area contributed by atoms with Crippen molar-refractivity contribution in [1.82, 2.24) is 4.72 Å². The van der Waals surface area contributed by atoms with E-state index in [1.807, 2.05) is 13.8 Å². The summed E-state index contributed by atoms with van der Waals surface area (Å²) in [5.41, 5.74) is 1.05. The molecule has 1 aromatic carbocycles. The molecule has 112 valence electrons. The molecule has 0 bridgehead atoms. The van der Waals surface area contributed by atoms with Crippen molar-refractivity contribution in [2.24, 2.45) is 5.92 Å². The van der Waals surface area contributed by atoms with Crippen LogP contribution in [0.2, 0.25) is 0 Å². The largest absolute Gasteiger partial charge is 0.481 e. The number of nitrogens with one attached hydrogen (secondary N) is 1. The molecule has 1 aromatic rings. The molecule has 6 heteroatoms. The monoisotopic (exact) mass is 299 g/mol. The predicted molar refractivity (Wildman–Crippen MR) is 77.0 cm³/mol. The normalized spacial score (nSPS) is 13.1. The molecular weight excluding hydrogens is 278 g/mol. The smallest absolute Gasteiger partial charge is 0.307 e. The first kappa shape index (κ1) is 16.7. The Labute approximate surface area is 120 Å². The van der Waals surface area contributed by atoms with Gasteiger partial charge in [0.1, 0.15) is 0 Å². The summed E-state index contributed by atoms with van der Waals surface area (Å²) in [6.07, 6.45) is 1.99. The molecule has 1 atom stereocenters. The highest BCUT2D eigenvalue weighted by atomic mass is 32.2. The third-order valence-corrected chi connectivity index (χ3v) is 4.59. The maximum Gasteiger partial charge on any atom is 0.307 e. The standard InChI is InChI=1S/C14H21NO4S/c1-3-5-12(14(16)17)10-15-20(18,19)13-8-6-11(4-2)7-9-13/h6-9,12,15H,3-5,10H2,1-2H3,(H,16,17). The van der Waals surface area contributed by atoms with Gasteiger partial charge in [0.05, 0.1) is 10.8 Å². The second-order valence-corrected chi connectivity index (χ2v) is 6.44. The highest BCUT2D eigenvalue weighted by Gasteiger charge is 2.20. The third kappa shape index (κ3) is 4.61. The van der Waals surface area contributed by atoms with Crippen molar-refractivity contribution in [2.45, 2.75) is 38.0 Å². The Morgan fingerprint density at radius 2 is 1.85 bits per heavy atom. The van der Waals surface area contributed by atoms with E-state index in [0.717, 1.165) is 12.0 Å². The lowest BCUT2D eigenvalue weighted by molar-refractivity contribution is -0.141. The fourth-order valence-corrected chi connectivity index (χ4v) is 2.94. The van der Waals surface area contributed by atoms with Crippen LogP contribution in [0.4, 0.5) is 0 Å². The molecule has 0 saturated heterocycles. The number of carbonyl (C=O) groups is 1. The van der Waals surface area contributed by atoms with Crippen molar-refractivity contribution in [3.63, 3.8) is 0 Å². The molecule has 0 aliphatic heterocycles. The van der Waals surface area contributed by atoms with E-state index in [1.165, 1.54) is 12.1 Å². The van der Waals surface area contributed by atoms with E-state index < -0.39 is 21.9 Å². The van der Waals surface area contributed by atoms with Gasteiger partial charge in [-0.3, -0.25) is 4.79 Å². The summed E-state index contributed by atoms with van der Waals surface area (Å²) in [7, 11) is -3.65. The van der Waals surface area contributed by atoms with Crippen LogP contribution in [-0.2, 0) is 21.2 Å². The van der Waals surface area contributed by atoms with Crippen molar-refractivity contribution in [1.29, 1.82) is 0 Å². The van der Waals surface area contributed by atoms with Gasteiger partial charge in [-0.1, -0.05) is 32.4 Å². The number of benzene rings is 1. The maximum atomic E-state index is 12.1. The summed E-state index contributed by atoms with van der Waals surface area (Å²) in [5.74, 6) is -1.67. The molecule has 0 heterocycles. The number of hydrogen-bond donors (Lipinski definition) is 2.